The highest BCUT2D eigenvalue weighted by Crippen LogP contribution is 2.35. The minimum atomic E-state index is -0.243. The second-order valence-corrected chi connectivity index (χ2v) is 8.23. The lowest BCUT2D eigenvalue weighted by molar-refractivity contribution is 0.519. The smallest absolute Gasteiger partial charge is 0.249 e. The first-order valence-corrected chi connectivity index (χ1v) is 9.50. The fourth-order valence-corrected chi connectivity index (χ4v) is 3.90. The van der Waals surface area contributed by atoms with E-state index in [0.717, 1.165) is 16.6 Å². The molecule has 0 amide bonds. The lowest BCUT2D eigenvalue weighted by Gasteiger charge is -2.14. The van der Waals surface area contributed by atoms with Crippen LogP contribution in [0.3, 0.4) is 0 Å². The third kappa shape index (κ3) is 3.30. The van der Waals surface area contributed by atoms with E-state index in [1.807, 2.05) is 30.3 Å². The topological polar surface area (TPSA) is 43.9 Å². The van der Waals surface area contributed by atoms with Crippen LogP contribution in [0.5, 0.6) is 0 Å². The van der Waals surface area contributed by atoms with Crippen LogP contribution >= 0.6 is 15.9 Å². The van der Waals surface area contributed by atoms with Crippen molar-refractivity contribution >= 4 is 26.8 Å². The van der Waals surface area contributed by atoms with Crippen molar-refractivity contribution in [1.29, 1.82) is 0 Å². The van der Waals surface area contributed by atoms with Gasteiger partial charge in [-0.3, -0.25) is 4.68 Å². The summed E-state index contributed by atoms with van der Waals surface area (Å²) in [4.78, 5) is 4.68. The maximum absolute atomic E-state index is 14.1. The molecule has 0 spiro atoms. The van der Waals surface area contributed by atoms with Gasteiger partial charge >= 0.3 is 0 Å². The Labute approximate surface area is 165 Å². The van der Waals surface area contributed by atoms with E-state index in [2.05, 4.69) is 41.7 Å². The zero-order chi connectivity index (χ0) is 19.2. The van der Waals surface area contributed by atoms with Crippen molar-refractivity contribution < 1.29 is 8.81 Å². The van der Waals surface area contributed by atoms with Gasteiger partial charge in [-0.15, -0.1) is 0 Å². The minimum absolute atomic E-state index is 0.161. The van der Waals surface area contributed by atoms with Gasteiger partial charge in [0.25, 0.3) is 0 Å². The van der Waals surface area contributed by atoms with E-state index in [9.17, 15) is 4.39 Å². The van der Waals surface area contributed by atoms with Crippen LogP contribution in [0, 0.1) is 5.82 Å². The maximum atomic E-state index is 14.1. The zero-order valence-corrected chi connectivity index (χ0v) is 16.9. The lowest BCUT2D eigenvalue weighted by atomic mass is 9.93. The normalized spacial score (nSPS) is 12.0. The number of hydrogen-bond acceptors (Lipinski definition) is 3. The largest absolute Gasteiger partial charge is 0.427 e. The SMILES string of the molecule is CC(C)(C)c1nc(-c2nn(Cc3ccccc3F)c3ccccc23)oc1Br. The maximum Gasteiger partial charge on any atom is 0.249 e. The number of rotatable bonds is 3. The standard InChI is InChI=1S/C21H19BrFN3O/c1-21(2,3)18-19(22)27-20(24-18)17-14-9-5-7-11-16(14)26(25-17)12-13-8-4-6-10-15(13)23/h4-11H,12H2,1-3H3. The Hall–Kier alpha value is -2.47. The fraction of sp³-hybridized carbons (Fsp3) is 0.238. The van der Waals surface area contributed by atoms with Crippen molar-refractivity contribution in [2.45, 2.75) is 32.7 Å². The molecule has 0 aliphatic rings. The van der Waals surface area contributed by atoms with Gasteiger partial charge in [-0.25, -0.2) is 9.37 Å². The molecule has 138 valence electrons. The van der Waals surface area contributed by atoms with Gasteiger partial charge in [0.1, 0.15) is 5.82 Å². The second-order valence-electron chi connectivity index (χ2n) is 7.51. The van der Waals surface area contributed by atoms with Gasteiger partial charge in [-0.05, 0) is 28.1 Å². The van der Waals surface area contributed by atoms with Gasteiger partial charge in [-0.2, -0.15) is 5.10 Å². The first-order chi connectivity index (χ1) is 12.8. The van der Waals surface area contributed by atoms with E-state index < -0.39 is 0 Å². The molecule has 0 bridgehead atoms. The number of aromatic nitrogens is 3. The molecule has 0 N–H and O–H groups in total. The molecule has 0 aliphatic carbocycles. The second kappa shape index (κ2) is 6.60. The van der Waals surface area contributed by atoms with Crippen LogP contribution in [0.2, 0.25) is 0 Å². The van der Waals surface area contributed by atoms with Crippen LogP contribution in [0.25, 0.3) is 22.5 Å². The molecular weight excluding hydrogens is 409 g/mol. The quantitative estimate of drug-likeness (QED) is 0.406. The number of halogens is 2. The van der Waals surface area contributed by atoms with Crippen LogP contribution in [0.15, 0.2) is 57.6 Å². The number of fused-ring (bicyclic) bond motifs is 1. The summed E-state index contributed by atoms with van der Waals surface area (Å²) in [6.45, 7) is 6.57. The third-order valence-corrected chi connectivity index (χ3v) is 4.97. The Morgan fingerprint density at radius 1 is 1.07 bits per heavy atom. The first kappa shape index (κ1) is 17.9. The van der Waals surface area contributed by atoms with E-state index >= 15 is 0 Å². The molecule has 6 heteroatoms. The van der Waals surface area contributed by atoms with Crippen molar-refractivity contribution in [2.75, 3.05) is 0 Å². The molecule has 2 aromatic heterocycles. The molecule has 2 heterocycles. The van der Waals surface area contributed by atoms with Crippen molar-refractivity contribution in [3.63, 3.8) is 0 Å². The van der Waals surface area contributed by atoms with E-state index in [1.54, 1.807) is 16.8 Å². The van der Waals surface area contributed by atoms with Gasteiger partial charge in [0.15, 0.2) is 10.4 Å². The molecule has 4 nitrogen and oxygen atoms in total. The highest BCUT2D eigenvalue weighted by Gasteiger charge is 2.26. The molecule has 0 unspecified atom stereocenters. The van der Waals surface area contributed by atoms with Gasteiger partial charge < -0.3 is 4.42 Å². The Morgan fingerprint density at radius 2 is 1.78 bits per heavy atom. The van der Waals surface area contributed by atoms with Crippen LogP contribution in [-0.4, -0.2) is 14.8 Å². The summed E-state index contributed by atoms with van der Waals surface area (Å²) in [6, 6.07) is 14.6. The van der Waals surface area contributed by atoms with Crippen LogP contribution in [-0.2, 0) is 12.0 Å². The number of hydrogen-bond donors (Lipinski definition) is 0. The average molecular weight is 428 g/mol. The van der Waals surface area contributed by atoms with Crippen LogP contribution in [0.4, 0.5) is 4.39 Å². The van der Waals surface area contributed by atoms with Gasteiger partial charge in [-0.1, -0.05) is 57.2 Å². The molecule has 0 radical (unpaired) electrons. The summed E-state index contributed by atoms with van der Waals surface area (Å²) in [7, 11) is 0. The van der Waals surface area contributed by atoms with E-state index in [1.165, 1.54) is 6.07 Å². The Kier molecular flexibility index (Phi) is 4.38. The summed E-state index contributed by atoms with van der Waals surface area (Å²) >= 11 is 3.47. The molecule has 0 saturated carbocycles. The summed E-state index contributed by atoms with van der Waals surface area (Å²) in [6.07, 6.45) is 0. The summed E-state index contributed by atoms with van der Waals surface area (Å²) in [5, 5.41) is 5.62. The molecule has 4 aromatic rings. The zero-order valence-electron chi connectivity index (χ0n) is 15.3. The van der Waals surface area contributed by atoms with Gasteiger partial charge in [0.2, 0.25) is 5.89 Å². The van der Waals surface area contributed by atoms with Gasteiger partial charge in [0.05, 0.1) is 17.8 Å². The minimum Gasteiger partial charge on any atom is -0.427 e. The summed E-state index contributed by atoms with van der Waals surface area (Å²) in [5.74, 6) is 0.211. The highest BCUT2D eigenvalue weighted by molar-refractivity contribution is 9.10. The molecule has 0 atom stereocenters. The Bertz CT molecular complexity index is 1120. The summed E-state index contributed by atoms with van der Waals surface area (Å²) < 4.78 is 22.4. The predicted octanol–water partition coefficient (Wildman–Crippen LogP) is 5.94. The molecule has 0 fully saturated rings. The van der Waals surface area contributed by atoms with E-state index in [4.69, 9.17) is 9.52 Å². The number of benzene rings is 2. The Balaban J connectivity index is 1.85. The van der Waals surface area contributed by atoms with Crippen molar-refractivity contribution in [1.82, 2.24) is 14.8 Å². The monoisotopic (exact) mass is 427 g/mol. The predicted molar refractivity (Wildman–Crippen MR) is 107 cm³/mol. The molecule has 0 aliphatic heterocycles. The van der Waals surface area contributed by atoms with Crippen LogP contribution in [0.1, 0.15) is 32.0 Å². The van der Waals surface area contributed by atoms with Gasteiger partial charge in [0, 0.05) is 16.4 Å². The van der Waals surface area contributed by atoms with E-state index in [-0.39, 0.29) is 11.2 Å². The number of oxazole rings is 1. The highest BCUT2D eigenvalue weighted by atomic mass is 79.9. The van der Waals surface area contributed by atoms with Crippen molar-refractivity contribution in [2.24, 2.45) is 0 Å². The van der Waals surface area contributed by atoms with Crippen molar-refractivity contribution in [3.05, 3.63) is 70.3 Å². The molecule has 27 heavy (non-hydrogen) atoms. The van der Waals surface area contributed by atoms with Crippen molar-refractivity contribution in [3.8, 4) is 11.6 Å². The molecule has 0 saturated heterocycles. The average Bonchev–Trinajstić information content (AvgIpc) is 3.18. The molecular formula is C21H19BrFN3O. The van der Waals surface area contributed by atoms with Crippen LogP contribution < -0.4 is 0 Å². The number of nitrogens with zero attached hydrogens (tertiary/aromatic N) is 3. The third-order valence-electron chi connectivity index (χ3n) is 4.43. The Morgan fingerprint density at radius 3 is 2.48 bits per heavy atom. The molecule has 4 rings (SSSR count). The lowest BCUT2D eigenvalue weighted by Crippen LogP contribution is -2.12. The number of para-hydroxylation sites is 1. The fourth-order valence-electron chi connectivity index (χ4n) is 3.06. The molecule has 2 aromatic carbocycles. The summed E-state index contributed by atoms with van der Waals surface area (Å²) in [5.41, 5.74) is 2.82. The van der Waals surface area contributed by atoms with E-state index in [0.29, 0.717) is 28.4 Å². The first-order valence-electron chi connectivity index (χ1n) is 8.71.